The van der Waals surface area contributed by atoms with E-state index in [0.717, 1.165) is 4.05 Å². The van der Waals surface area contributed by atoms with E-state index < -0.39 is 0 Å². The van der Waals surface area contributed by atoms with Gasteiger partial charge in [-0.3, -0.25) is 4.90 Å². The van der Waals surface area contributed by atoms with E-state index in [1.807, 2.05) is 0 Å². The topological polar surface area (TPSA) is 3.24 Å². The van der Waals surface area contributed by atoms with Gasteiger partial charge in [0.05, 0.1) is 4.05 Å². The summed E-state index contributed by atoms with van der Waals surface area (Å²) >= 11 is 2.49. The lowest BCUT2D eigenvalue weighted by atomic mass is 9.68. The number of hydrogen-bond acceptors (Lipinski definition) is 1. The van der Waals surface area contributed by atoms with Gasteiger partial charge in [0.1, 0.15) is 7.28 Å². The van der Waals surface area contributed by atoms with Crippen molar-refractivity contribution in [2.24, 2.45) is 0 Å². The molecule has 1 atom stereocenters. The molecule has 0 spiro atoms. The number of alkyl halides is 1. The Morgan fingerprint density at radius 1 is 1.44 bits per heavy atom. The molecular weight excluding hydrogens is 224 g/mol. The van der Waals surface area contributed by atoms with Gasteiger partial charge in [0.15, 0.2) is 0 Å². The van der Waals surface area contributed by atoms with Crippen LogP contribution in [0.2, 0.25) is 12.6 Å². The quantitative estimate of drug-likeness (QED) is 0.288. The van der Waals surface area contributed by atoms with E-state index in [2.05, 4.69) is 34.4 Å². The maximum Gasteiger partial charge on any atom is 0.123 e. The molecule has 1 nitrogen and oxygen atoms in total. The first-order valence-electron chi connectivity index (χ1n) is 3.69. The zero-order valence-corrected chi connectivity index (χ0v) is 8.10. The summed E-state index contributed by atoms with van der Waals surface area (Å²) in [7, 11) is 1.44. The second-order valence-electron chi connectivity index (χ2n) is 2.67. The highest BCUT2D eigenvalue weighted by molar-refractivity contribution is 14.1. The minimum atomic E-state index is 0.739. The van der Waals surface area contributed by atoms with Gasteiger partial charge in [-0.2, -0.15) is 0 Å². The number of rotatable bonds is 1. The van der Waals surface area contributed by atoms with Crippen LogP contribution in [0.4, 0.5) is 0 Å². The number of nitrogens with zero attached hydrogens (tertiary/aromatic N) is 1. The van der Waals surface area contributed by atoms with Crippen LogP contribution in [0.1, 0.15) is 6.92 Å². The lowest BCUT2D eigenvalue weighted by Crippen LogP contribution is -2.35. The highest BCUT2D eigenvalue weighted by Gasteiger charge is 2.13. The molecule has 0 radical (unpaired) electrons. The van der Waals surface area contributed by atoms with E-state index in [9.17, 15) is 0 Å². The molecule has 1 heterocycles. The predicted octanol–water partition coefficient (Wildman–Crippen LogP) is 1.36. The summed E-state index contributed by atoms with van der Waals surface area (Å²) in [5, 5.41) is 0. The molecule has 0 aromatic carbocycles. The average Bonchev–Trinajstić information content (AvgIpc) is 1.90. The highest BCUT2D eigenvalue weighted by atomic mass is 127. The molecule has 9 heavy (non-hydrogen) atoms. The van der Waals surface area contributed by atoms with Crippen LogP contribution in [0, 0.1) is 0 Å². The Kier molecular flexibility index (Phi) is 3.33. The summed E-state index contributed by atoms with van der Waals surface area (Å²) in [4.78, 5) is 2.55. The van der Waals surface area contributed by atoms with Crippen LogP contribution in [0.3, 0.4) is 0 Å². The Bertz CT molecular complexity index is 81.1. The molecular formula is C6H13BIN. The third-order valence-electron chi connectivity index (χ3n) is 1.89. The fourth-order valence-electron chi connectivity index (χ4n) is 1.27. The molecule has 1 aliphatic rings. The van der Waals surface area contributed by atoms with Gasteiger partial charge < -0.3 is 0 Å². The molecule has 0 amide bonds. The molecule has 52 valence electrons. The largest absolute Gasteiger partial charge is 0.293 e. The van der Waals surface area contributed by atoms with Crippen molar-refractivity contribution >= 4 is 29.9 Å². The molecule has 1 fully saturated rings. The van der Waals surface area contributed by atoms with Gasteiger partial charge in [-0.15, -0.1) is 0 Å². The van der Waals surface area contributed by atoms with Crippen LogP contribution in [0.25, 0.3) is 0 Å². The third-order valence-corrected chi connectivity index (χ3v) is 2.68. The van der Waals surface area contributed by atoms with E-state index in [4.69, 9.17) is 0 Å². The first-order chi connectivity index (χ1) is 4.30. The molecule has 1 unspecified atom stereocenters. The zero-order valence-electron chi connectivity index (χ0n) is 5.94. The predicted molar refractivity (Wildman–Crippen MR) is 51.8 cm³/mol. The first kappa shape index (κ1) is 7.86. The summed E-state index contributed by atoms with van der Waals surface area (Å²) in [6, 6.07) is 0. The van der Waals surface area contributed by atoms with Crippen LogP contribution in [0.15, 0.2) is 0 Å². The van der Waals surface area contributed by atoms with Crippen LogP contribution < -0.4 is 0 Å². The van der Waals surface area contributed by atoms with E-state index in [-0.39, 0.29) is 0 Å². The monoisotopic (exact) mass is 237 g/mol. The maximum absolute atomic E-state index is 2.55. The van der Waals surface area contributed by atoms with E-state index >= 15 is 0 Å². The van der Waals surface area contributed by atoms with Crippen molar-refractivity contribution in [2.75, 3.05) is 13.1 Å². The number of halogens is 1. The highest BCUT2D eigenvalue weighted by Crippen LogP contribution is 2.12. The van der Waals surface area contributed by atoms with Crippen LogP contribution >= 0.6 is 22.6 Å². The minimum Gasteiger partial charge on any atom is -0.293 e. The van der Waals surface area contributed by atoms with Crippen molar-refractivity contribution in [3.05, 3.63) is 0 Å². The van der Waals surface area contributed by atoms with Crippen molar-refractivity contribution in [1.29, 1.82) is 0 Å². The molecule has 0 aromatic heterocycles. The second-order valence-corrected chi connectivity index (χ2v) is 4.47. The van der Waals surface area contributed by atoms with Crippen molar-refractivity contribution in [1.82, 2.24) is 4.90 Å². The van der Waals surface area contributed by atoms with Crippen LogP contribution in [-0.2, 0) is 0 Å². The van der Waals surface area contributed by atoms with Gasteiger partial charge in [0.2, 0.25) is 0 Å². The summed E-state index contributed by atoms with van der Waals surface area (Å²) in [6.07, 6.45) is 2.82. The average molecular weight is 237 g/mol. The molecule has 1 saturated heterocycles. The van der Waals surface area contributed by atoms with E-state index in [1.165, 1.54) is 33.0 Å². The number of hydrogen-bond donors (Lipinski definition) is 0. The summed E-state index contributed by atoms with van der Waals surface area (Å²) < 4.78 is 0.739. The second kappa shape index (κ2) is 3.81. The fourth-order valence-corrected chi connectivity index (χ4v) is 1.83. The lowest BCUT2D eigenvalue weighted by molar-refractivity contribution is 0.298. The molecule has 0 saturated carbocycles. The Balaban J connectivity index is 2.23. The van der Waals surface area contributed by atoms with E-state index in [0.29, 0.717) is 0 Å². The Labute approximate surface area is 71.6 Å². The normalized spacial score (nSPS) is 25.1. The van der Waals surface area contributed by atoms with Gasteiger partial charge in [0.25, 0.3) is 0 Å². The molecule has 0 aromatic rings. The molecule has 0 bridgehead atoms. The van der Waals surface area contributed by atoms with Gasteiger partial charge in [-0.1, -0.05) is 35.2 Å². The van der Waals surface area contributed by atoms with Gasteiger partial charge in [-0.05, 0) is 20.0 Å². The van der Waals surface area contributed by atoms with Gasteiger partial charge >= 0.3 is 0 Å². The Hall–Kier alpha value is 0.755. The third kappa shape index (κ3) is 2.46. The van der Waals surface area contributed by atoms with Crippen LogP contribution in [-0.4, -0.2) is 29.3 Å². The maximum atomic E-state index is 2.55. The molecule has 0 N–H and O–H groups in total. The minimum absolute atomic E-state index is 0.739. The fraction of sp³-hybridized carbons (Fsp3) is 1.00. The molecule has 1 rings (SSSR count). The summed E-state index contributed by atoms with van der Waals surface area (Å²) in [6.45, 7) is 4.92. The molecule has 0 aliphatic carbocycles. The van der Waals surface area contributed by atoms with Crippen molar-refractivity contribution in [2.45, 2.75) is 23.6 Å². The van der Waals surface area contributed by atoms with Gasteiger partial charge in [0, 0.05) is 0 Å². The summed E-state index contributed by atoms with van der Waals surface area (Å²) in [5.74, 6) is 0. The smallest absolute Gasteiger partial charge is 0.123 e. The molecule has 1 aliphatic heterocycles. The van der Waals surface area contributed by atoms with Crippen molar-refractivity contribution in [3.63, 3.8) is 0 Å². The van der Waals surface area contributed by atoms with E-state index in [1.54, 1.807) is 0 Å². The van der Waals surface area contributed by atoms with Gasteiger partial charge in [-0.25, -0.2) is 0 Å². The van der Waals surface area contributed by atoms with Crippen molar-refractivity contribution in [3.8, 4) is 0 Å². The Morgan fingerprint density at radius 2 is 2.00 bits per heavy atom. The lowest BCUT2D eigenvalue weighted by Gasteiger charge is -2.28. The summed E-state index contributed by atoms with van der Waals surface area (Å²) in [5.41, 5.74) is 0. The SMILES string of the molecule is CC(I)N1CCBCC1. The molecule has 3 heteroatoms. The standard InChI is InChI=1S/C6H13BIN/c1-6(8)9-4-2-7-3-5-9/h6-7H,2-5H2,1H3. The van der Waals surface area contributed by atoms with Crippen molar-refractivity contribution < 1.29 is 0 Å². The van der Waals surface area contributed by atoms with Crippen LogP contribution in [0.5, 0.6) is 0 Å². The Morgan fingerprint density at radius 3 is 2.33 bits per heavy atom. The zero-order chi connectivity index (χ0) is 6.69. The first-order valence-corrected chi connectivity index (χ1v) is 4.93.